The largest absolute Gasteiger partial charge is 0.371 e. The highest BCUT2D eigenvalue weighted by Crippen LogP contribution is 2.46. The second-order valence-corrected chi connectivity index (χ2v) is 12.7. The number of fused-ring (bicyclic) bond motifs is 1. The summed E-state index contributed by atoms with van der Waals surface area (Å²) >= 11 is 0. The normalized spacial score (nSPS) is 39.3. The number of carbonyl (C=O) groups excluding carboxylic acids is 2. The molecule has 2 N–H and O–H groups in total. The summed E-state index contributed by atoms with van der Waals surface area (Å²) in [6.45, 7) is 2.48. The van der Waals surface area contributed by atoms with Gasteiger partial charge in [0.15, 0.2) is 0 Å². The third-order valence-electron chi connectivity index (χ3n) is 10.1. The molecule has 0 aromatic carbocycles. The molecule has 4 aliphatic carbocycles. The van der Waals surface area contributed by atoms with E-state index in [1.807, 2.05) is 6.21 Å². The Labute approximate surface area is 214 Å². The van der Waals surface area contributed by atoms with Crippen LogP contribution in [0.25, 0.3) is 0 Å². The molecule has 0 radical (unpaired) electrons. The molecule has 7 aliphatic rings. The van der Waals surface area contributed by atoms with Gasteiger partial charge >= 0.3 is 0 Å². The monoisotopic (exact) mass is 492 g/mol. The van der Waals surface area contributed by atoms with E-state index >= 15 is 0 Å². The molecule has 7 heteroatoms. The number of aliphatic hydroxyl groups is 1. The van der Waals surface area contributed by atoms with E-state index in [-0.39, 0.29) is 17.6 Å². The standard InChI is InChI=1S/C29H40N4O3/c34-25-14-24-13-22(7-8-23(24)15-30-25)19-1-3-20(4-2-19)26-31-29(10-11-29)28(36)33(26)17-18-9-12-32(16-18)27(35)21-5-6-21/h1,13,15,18,20-23,25-26,31,34H,2-12,14,16-17H2/t18-,20?,22?,23?,25?,26?/m1/s1. The Morgan fingerprint density at radius 1 is 1.11 bits per heavy atom. The Kier molecular flexibility index (Phi) is 5.66. The molecule has 7 rings (SSSR count). The van der Waals surface area contributed by atoms with E-state index in [9.17, 15) is 14.7 Å². The van der Waals surface area contributed by atoms with E-state index in [0.717, 1.165) is 77.4 Å². The number of rotatable bonds is 5. The quantitative estimate of drug-likeness (QED) is 0.578. The molecule has 3 heterocycles. The molecule has 0 aromatic heterocycles. The van der Waals surface area contributed by atoms with Gasteiger partial charge in [-0.25, -0.2) is 0 Å². The highest BCUT2D eigenvalue weighted by atomic mass is 16.3. The number of allylic oxidation sites excluding steroid dienone is 3. The van der Waals surface area contributed by atoms with Gasteiger partial charge in [-0.2, -0.15) is 0 Å². The fourth-order valence-electron chi connectivity index (χ4n) is 7.58. The molecule has 194 valence electrons. The SMILES string of the molecule is O=C(C1CC1)N1CC[C@@H](CN2C(=O)C3(CC3)NC2C2CC=C(C3C=C4CC(O)N=CC4CC3)CC2)C1. The molecule has 2 amide bonds. The summed E-state index contributed by atoms with van der Waals surface area (Å²) < 4.78 is 0. The van der Waals surface area contributed by atoms with Crippen LogP contribution < -0.4 is 5.32 Å². The van der Waals surface area contributed by atoms with Crippen molar-refractivity contribution in [3.63, 3.8) is 0 Å². The highest BCUT2D eigenvalue weighted by Gasteiger charge is 2.60. The summed E-state index contributed by atoms with van der Waals surface area (Å²) in [6, 6.07) is 0. The van der Waals surface area contributed by atoms with Crippen LogP contribution in [0.5, 0.6) is 0 Å². The first-order valence-electron chi connectivity index (χ1n) is 14.5. The molecule has 2 saturated heterocycles. The first kappa shape index (κ1) is 23.2. The van der Waals surface area contributed by atoms with Gasteiger partial charge in [0.05, 0.1) is 11.7 Å². The van der Waals surface area contributed by atoms with Crippen molar-refractivity contribution in [3.05, 3.63) is 23.3 Å². The molecular weight excluding hydrogens is 452 g/mol. The van der Waals surface area contributed by atoms with Crippen molar-refractivity contribution in [3.8, 4) is 0 Å². The van der Waals surface area contributed by atoms with Crippen molar-refractivity contribution in [2.24, 2.45) is 34.6 Å². The second kappa shape index (κ2) is 8.80. The van der Waals surface area contributed by atoms with E-state index in [1.165, 1.54) is 12.0 Å². The lowest BCUT2D eigenvalue weighted by Crippen LogP contribution is -2.46. The van der Waals surface area contributed by atoms with E-state index < -0.39 is 6.23 Å². The van der Waals surface area contributed by atoms with Crippen molar-refractivity contribution < 1.29 is 14.7 Å². The molecular formula is C29H40N4O3. The second-order valence-electron chi connectivity index (χ2n) is 12.7. The average Bonchev–Trinajstić information content (AvgIpc) is 3.82. The maximum atomic E-state index is 13.5. The van der Waals surface area contributed by atoms with Gasteiger partial charge < -0.3 is 14.9 Å². The molecule has 36 heavy (non-hydrogen) atoms. The minimum Gasteiger partial charge on any atom is -0.371 e. The van der Waals surface area contributed by atoms with Crippen molar-refractivity contribution in [1.82, 2.24) is 15.1 Å². The summed E-state index contributed by atoms with van der Waals surface area (Å²) in [5, 5.41) is 13.7. The zero-order valence-corrected chi connectivity index (χ0v) is 21.3. The zero-order chi connectivity index (χ0) is 24.4. The van der Waals surface area contributed by atoms with E-state index in [1.54, 1.807) is 5.57 Å². The van der Waals surface area contributed by atoms with Crippen LogP contribution >= 0.6 is 0 Å². The predicted molar refractivity (Wildman–Crippen MR) is 137 cm³/mol. The van der Waals surface area contributed by atoms with Crippen LogP contribution in [0.1, 0.15) is 70.6 Å². The lowest BCUT2D eigenvalue weighted by atomic mass is 9.74. The minimum atomic E-state index is -0.568. The van der Waals surface area contributed by atoms with Gasteiger partial charge in [0.1, 0.15) is 6.23 Å². The van der Waals surface area contributed by atoms with Crippen molar-refractivity contribution >= 4 is 18.0 Å². The van der Waals surface area contributed by atoms with Gasteiger partial charge in [-0.3, -0.25) is 19.9 Å². The maximum Gasteiger partial charge on any atom is 0.244 e. The van der Waals surface area contributed by atoms with Gasteiger partial charge in [-0.05, 0) is 82.0 Å². The van der Waals surface area contributed by atoms with Crippen LogP contribution in [0.2, 0.25) is 0 Å². The molecule has 1 spiro atoms. The fourth-order valence-corrected chi connectivity index (χ4v) is 7.58. The minimum absolute atomic E-state index is 0.129. The maximum absolute atomic E-state index is 13.5. The number of carbonyl (C=O) groups is 2. The van der Waals surface area contributed by atoms with Crippen molar-refractivity contribution in [1.29, 1.82) is 0 Å². The van der Waals surface area contributed by atoms with Gasteiger partial charge in [0.2, 0.25) is 11.8 Å². The Hall–Kier alpha value is -1.99. The molecule has 7 nitrogen and oxygen atoms in total. The van der Waals surface area contributed by atoms with Crippen LogP contribution in [-0.4, -0.2) is 70.5 Å². The Morgan fingerprint density at radius 2 is 1.94 bits per heavy atom. The number of aliphatic hydroxyl groups excluding tert-OH is 1. The van der Waals surface area contributed by atoms with Gasteiger partial charge in [-0.15, -0.1) is 0 Å². The summed E-state index contributed by atoms with van der Waals surface area (Å²) in [7, 11) is 0. The summed E-state index contributed by atoms with van der Waals surface area (Å²) in [5.74, 6) is 2.72. The van der Waals surface area contributed by atoms with E-state index in [4.69, 9.17) is 0 Å². The molecule has 2 saturated carbocycles. The van der Waals surface area contributed by atoms with Crippen LogP contribution in [0.3, 0.4) is 0 Å². The predicted octanol–water partition coefficient (Wildman–Crippen LogP) is 3.01. The summed E-state index contributed by atoms with van der Waals surface area (Å²) in [6.07, 6.45) is 17.7. The topological polar surface area (TPSA) is 85.2 Å². The zero-order valence-electron chi connectivity index (χ0n) is 21.3. The van der Waals surface area contributed by atoms with E-state index in [2.05, 4.69) is 32.3 Å². The lowest BCUT2D eigenvalue weighted by molar-refractivity contribution is -0.132. The average molecular weight is 493 g/mol. The third-order valence-corrected chi connectivity index (χ3v) is 10.1. The van der Waals surface area contributed by atoms with Crippen molar-refractivity contribution in [2.45, 2.75) is 88.6 Å². The van der Waals surface area contributed by atoms with Gasteiger partial charge in [-0.1, -0.05) is 23.3 Å². The fraction of sp³-hybridized carbons (Fsp3) is 0.759. The number of likely N-dealkylation sites (tertiary alicyclic amines) is 1. The van der Waals surface area contributed by atoms with Gasteiger partial charge in [0, 0.05) is 44.1 Å². The lowest BCUT2D eigenvalue weighted by Gasteiger charge is -2.37. The smallest absolute Gasteiger partial charge is 0.244 e. The Bertz CT molecular complexity index is 1030. The number of aliphatic imine (C=N–C) groups is 1. The van der Waals surface area contributed by atoms with Crippen LogP contribution in [0.4, 0.5) is 0 Å². The first-order valence-corrected chi connectivity index (χ1v) is 14.5. The molecule has 4 fully saturated rings. The highest BCUT2D eigenvalue weighted by molar-refractivity contribution is 5.92. The molecule has 3 aliphatic heterocycles. The van der Waals surface area contributed by atoms with Gasteiger partial charge in [0.25, 0.3) is 0 Å². The van der Waals surface area contributed by atoms with Crippen molar-refractivity contribution in [2.75, 3.05) is 19.6 Å². The molecule has 0 bridgehead atoms. The summed E-state index contributed by atoms with van der Waals surface area (Å²) in [4.78, 5) is 34.5. The molecule has 0 aromatic rings. The number of nitrogens with zero attached hydrogens (tertiary/aromatic N) is 3. The van der Waals surface area contributed by atoms with E-state index in [0.29, 0.717) is 41.9 Å². The number of hydrogen-bond acceptors (Lipinski definition) is 5. The summed E-state index contributed by atoms with van der Waals surface area (Å²) in [5.41, 5.74) is 2.63. The number of hydrogen-bond donors (Lipinski definition) is 2. The molecule has 5 unspecified atom stereocenters. The first-order chi connectivity index (χ1) is 17.5. The van der Waals surface area contributed by atoms with Crippen LogP contribution in [0.15, 0.2) is 28.3 Å². The van der Waals surface area contributed by atoms with Crippen LogP contribution in [0, 0.1) is 29.6 Å². The number of nitrogens with one attached hydrogen (secondary N) is 1. The Morgan fingerprint density at radius 3 is 2.69 bits per heavy atom. The molecule has 6 atom stereocenters. The Balaban J connectivity index is 1.01. The van der Waals surface area contributed by atoms with Crippen LogP contribution in [-0.2, 0) is 9.59 Å². The third kappa shape index (κ3) is 4.16. The number of amides is 2.